The molecule has 0 unspecified atom stereocenters. The summed E-state index contributed by atoms with van der Waals surface area (Å²) >= 11 is 3.03. The fraction of sp³-hybridized carbons (Fsp3) is 0.733. The second-order valence-electron chi connectivity index (χ2n) is 14.7. The number of aromatic carboxylic acids is 1. The number of carbonyl (C=O) groups excluding carboxylic acids is 4. The zero-order chi connectivity index (χ0) is 45.9. The highest BCUT2D eigenvalue weighted by Crippen LogP contribution is 2.15. The monoisotopic (exact) mass is 945 g/mol. The van der Waals surface area contributed by atoms with Crippen LogP contribution >= 0.6 is 15.9 Å². The van der Waals surface area contributed by atoms with E-state index in [2.05, 4.69) is 31.9 Å². The van der Waals surface area contributed by atoms with Crippen LogP contribution in [0.1, 0.15) is 140 Å². The second-order valence-corrected chi connectivity index (χ2v) is 15.2. The number of benzene rings is 1. The fourth-order valence-electron chi connectivity index (χ4n) is 5.67. The number of nitrogens with one attached hydrogen (secondary N) is 3. The molecule has 5 N–H and O–H groups in total. The summed E-state index contributed by atoms with van der Waals surface area (Å²) in [6.45, 7) is 8.03. The average molecular weight is 947 g/mol. The van der Waals surface area contributed by atoms with Gasteiger partial charge in [-0.25, -0.2) is 9.59 Å². The number of amides is 3. The number of carboxylic acids is 2. The van der Waals surface area contributed by atoms with Gasteiger partial charge in [-0.3, -0.25) is 19.2 Å². The van der Waals surface area contributed by atoms with E-state index in [1.165, 1.54) is 51.4 Å². The summed E-state index contributed by atoms with van der Waals surface area (Å²) in [5.74, 6) is -1.69. The molecule has 3 amide bonds. The highest BCUT2D eigenvalue weighted by molar-refractivity contribution is 9.09. The van der Waals surface area contributed by atoms with Crippen molar-refractivity contribution in [2.45, 2.75) is 135 Å². The smallest absolute Gasteiger partial charge is 0.335 e. The number of rotatable bonds is 41. The molecule has 356 valence electrons. The average Bonchev–Trinajstić information content (AvgIpc) is 3.26. The first kappa shape index (κ1) is 58.4. The van der Waals surface area contributed by atoms with Crippen LogP contribution < -0.4 is 20.7 Å². The largest absolute Gasteiger partial charge is 0.494 e. The molecule has 1 rings (SSSR count). The molecule has 17 heteroatoms. The number of aliphatic carboxylic acids is 1. The lowest BCUT2D eigenvalue weighted by Gasteiger charge is -2.14. The Bertz CT molecular complexity index is 1320. The van der Waals surface area contributed by atoms with E-state index in [4.69, 9.17) is 33.9 Å². The van der Waals surface area contributed by atoms with E-state index >= 15 is 0 Å². The standard InChI is InChI=1S/C30H49NO7.C15H27BrN2O6/c1-2-27(32)25-37-24-23-36-22-20-31-29(33)15-13-11-9-7-5-3-4-6-8-10-12-14-21-38-28-18-16-26(17-19-28)30(34)35;1-2-7-23-8-9-24-11-14(20)18-12(15(21)22)5-3-4-6-17-13(19)10-16/h16-19H,2-15,20-25H2,1H3,(H,31,33)(H,34,35);12H,2-11H2,1H3,(H,17,19)(H,18,20)(H,21,22)/t;12-/m.1/s1. The maximum atomic E-state index is 11.8. The molecule has 0 fully saturated rings. The third kappa shape index (κ3) is 38.1. The van der Waals surface area contributed by atoms with Gasteiger partial charge in [-0.2, -0.15) is 0 Å². The number of ketones is 1. The van der Waals surface area contributed by atoms with Crippen LogP contribution in [-0.2, 0) is 42.9 Å². The van der Waals surface area contributed by atoms with Crippen molar-refractivity contribution >= 4 is 51.4 Å². The first-order chi connectivity index (χ1) is 30.0. The van der Waals surface area contributed by atoms with Crippen LogP contribution in [0, 0.1) is 0 Å². The molecular formula is C45H76BrN3O13. The number of alkyl halides is 1. The van der Waals surface area contributed by atoms with Gasteiger partial charge in [-0.1, -0.05) is 94.0 Å². The molecule has 0 spiro atoms. The van der Waals surface area contributed by atoms with Gasteiger partial charge in [-0.15, -0.1) is 0 Å². The number of unbranched alkanes of at least 4 members (excludes halogenated alkanes) is 12. The van der Waals surface area contributed by atoms with Gasteiger partial charge in [-0.05, 0) is 62.8 Å². The Kier molecular flexibility index (Phi) is 40.1. The van der Waals surface area contributed by atoms with Crippen LogP contribution in [0.25, 0.3) is 0 Å². The minimum atomic E-state index is -1.08. The first-order valence-corrected chi connectivity index (χ1v) is 23.6. The van der Waals surface area contributed by atoms with Crippen LogP contribution in [0.3, 0.4) is 0 Å². The van der Waals surface area contributed by atoms with Crippen molar-refractivity contribution in [3.05, 3.63) is 29.8 Å². The van der Waals surface area contributed by atoms with Gasteiger partial charge in [0.1, 0.15) is 25.0 Å². The lowest BCUT2D eigenvalue weighted by molar-refractivity contribution is -0.142. The van der Waals surface area contributed by atoms with E-state index in [1.807, 2.05) is 13.8 Å². The lowest BCUT2D eigenvalue weighted by atomic mass is 10.0. The molecule has 0 saturated heterocycles. The number of Topliss-reactive ketones (excluding diaryl/α,β-unsaturated/α-hetero) is 1. The van der Waals surface area contributed by atoms with E-state index in [0.29, 0.717) is 91.4 Å². The van der Waals surface area contributed by atoms with Crippen molar-refractivity contribution in [2.24, 2.45) is 0 Å². The van der Waals surface area contributed by atoms with Crippen molar-refractivity contribution in [1.82, 2.24) is 16.0 Å². The topological polar surface area (TPSA) is 225 Å². The zero-order valence-corrected chi connectivity index (χ0v) is 38.9. The SMILES string of the molecule is CCC(=O)COCCOCCNC(=O)CCCCCCCCCCCCCCOc1ccc(C(=O)O)cc1.CCCOCCOCC(=O)N[C@H](CCCCNC(=O)CBr)C(=O)O. The molecule has 0 heterocycles. The Morgan fingerprint density at radius 1 is 0.581 bits per heavy atom. The third-order valence-corrected chi connectivity index (χ3v) is 9.73. The third-order valence-electron chi connectivity index (χ3n) is 9.22. The van der Waals surface area contributed by atoms with Crippen molar-refractivity contribution in [1.29, 1.82) is 0 Å². The van der Waals surface area contributed by atoms with Crippen LogP contribution in [0.5, 0.6) is 5.75 Å². The molecule has 0 saturated carbocycles. The van der Waals surface area contributed by atoms with Crippen LogP contribution in [-0.4, -0.2) is 130 Å². The highest BCUT2D eigenvalue weighted by Gasteiger charge is 2.19. The number of carboxylic acid groups (broad SMARTS) is 2. The Morgan fingerprint density at radius 3 is 1.69 bits per heavy atom. The predicted molar refractivity (Wildman–Crippen MR) is 241 cm³/mol. The zero-order valence-electron chi connectivity index (χ0n) is 37.4. The van der Waals surface area contributed by atoms with Gasteiger partial charge in [0.05, 0.1) is 50.5 Å². The molecule has 16 nitrogen and oxygen atoms in total. The normalized spacial score (nSPS) is 11.2. The van der Waals surface area contributed by atoms with E-state index in [0.717, 1.165) is 37.9 Å². The van der Waals surface area contributed by atoms with Crippen LogP contribution in [0.2, 0.25) is 0 Å². The molecule has 0 aromatic heterocycles. The van der Waals surface area contributed by atoms with Crippen LogP contribution in [0.4, 0.5) is 0 Å². The summed E-state index contributed by atoms with van der Waals surface area (Å²) in [7, 11) is 0. The maximum absolute atomic E-state index is 11.8. The van der Waals surface area contributed by atoms with Gasteiger partial charge in [0.2, 0.25) is 17.7 Å². The molecule has 0 aliphatic rings. The first-order valence-electron chi connectivity index (χ1n) is 22.4. The molecule has 0 bridgehead atoms. The maximum Gasteiger partial charge on any atom is 0.335 e. The summed E-state index contributed by atoms with van der Waals surface area (Å²) in [6, 6.07) is 5.59. The van der Waals surface area contributed by atoms with Crippen molar-refractivity contribution in [3.63, 3.8) is 0 Å². The molecule has 0 aliphatic carbocycles. The molecule has 0 aliphatic heterocycles. The molecule has 1 atom stereocenters. The van der Waals surface area contributed by atoms with E-state index < -0.39 is 23.9 Å². The van der Waals surface area contributed by atoms with Gasteiger partial charge in [0.15, 0.2) is 5.78 Å². The molecular weight excluding hydrogens is 870 g/mol. The lowest BCUT2D eigenvalue weighted by Crippen LogP contribution is -2.42. The Labute approximate surface area is 377 Å². The second kappa shape index (κ2) is 42.7. The summed E-state index contributed by atoms with van der Waals surface area (Å²) in [4.78, 5) is 67.6. The summed E-state index contributed by atoms with van der Waals surface area (Å²) in [6.07, 6.45) is 17.8. The number of hydrogen-bond donors (Lipinski definition) is 5. The Balaban J connectivity index is 0.00000134. The number of halogens is 1. The van der Waals surface area contributed by atoms with Crippen molar-refractivity contribution in [2.75, 3.05) is 77.9 Å². The van der Waals surface area contributed by atoms with Gasteiger partial charge < -0.3 is 49.8 Å². The van der Waals surface area contributed by atoms with E-state index in [9.17, 15) is 28.8 Å². The van der Waals surface area contributed by atoms with Crippen molar-refractivity contribution in [3.8, 4) is 5.75 Å². The number of hydrogen-bond acceptors (Lipinski definition) is 11. The van der Waals surface area contributed by atoms with E-state index in [-0.39, 0.29) is 41.7 Å². The molecule has 0 radical (unpaired) electrons. The van der Waals surface area contributed by atoms with Crippen molar-refractivity contribution < 1.29 is 62.7 Å². The summed E-state index contributed by atoms with van der Waals surface area (Å²) in [5.41, 5.74) is 0.276. The summed E-state index contributed by atoms with van der Waals surface area (Å²) < 4.78 is 26.6. The minimum Gasteiger partial charge on any atom is -0.494 e. The van der Waals surface area contributed by atoms with Gasteiger partial charge >= 0.3 is 11.9 Å². The molecule has 1 aromatic carbocycles. The van der Waals surface area contributed by atoms with Crippen LogP contribution in [0.15, 0.2) is 24.3 Å². The molecule has 1 aromatic rings. The highest BCUT2D eigenvalue weighted by atomic mass is 79.9. The summed E-state index contributed by atoms with van der Waals surface area (Å²) in [5, 5.41) is 26.2. The Hall–Kier alpha value is -3.64. The van der Waals surface area contributed by atoms with Gasteiger partial charge in [0, 0.05) is 32.5 Å². The van der Waals surface area contributed by atoms with Gasteiger partial charge in [0.25, 0.3) is 0 Å². The van der Waals surface area contributed by atoms with E-state index in [1.54, 1.807) is 24.3 Å². The number of carbonyl (C=O) groups is 6. The minimum absolute atomic E-state index is 0.0827. The Morgan fingerprint density at radius 2 is 1.13 bits per heavy atom. The molecule has 62 heavy (non-hydrogen) atoms. The quantitative estimate of drug-likeness (QED) is 0.0343. The predicted octanol–water partition coefficient (Wildman–Crippen LogP) is 6.64. The number of ether oxygens (including phenoxy) is 5. The fourth-order valence-corrected chi connectivity index (χ4v) is 5.87.